The monoisotopic (exact) mass is 234 g/mol. The van der Waals surface area contributed by atoms with Crippen molar-refractivity contribution in [1.82, 2.24) is 4.98 Å². The van der Waals surface area contributed by atoms with Crippen LogP contribution in [0.2, 0.25) is 0 Å². The topological polar surface area (TPSA) is 70.5 Å². The summed E-state index contributed by atoms with van der Waals surface area (Å²) in [5.74, 6) is 1.22. The molecule has 0 radical (unpaired) electrons. The van der Waals surface area contributed by atoms with Crippen LogP contribution in [0.4, 0.5) is 0 Å². The predicted molar refractivity (Wildman–Crippen MR) is 62.1 cm³/mol. The van der Waals surface area contributed by atoms with E-state index in [1.807, 2.05) is 25.1 Å². The summed E-state index contributed by atoms with van der Waals surface area (Å²) in [7, 11) is 0. The number of oxazole rings is 1. The van der Waals surface area contributed by atoms with Gasteiger partial charge >= 0.3 is 6.08 Å². The van der Waals surface area contributed by atoms with Crippen molar-refractivity contribution in [3.05, 3.63) is 36.2 Å². The molecule has 0 unspecified atom stereocenters. The van der Waals surface area contributed by atoms with Crippen LogP contribution in [0.15, 0.2) is 34.9 Å². The number of nitrogens with zero attached hydrogens (tertiary/aromatic N) is 1. The molecule has 2 rings (SSSR count). The van der Waals surface area contributed by atoms with Crippen molar-refractivity contribution in [2.75, 3.05) is 6.61 Å². The molecule has 0 saturated carbocycles. The van der Waals surface area contributed by atoms with Crippen LogP contribution >= 0.6 is 0 Å². The first-order valence-corrected chi connectivity index (χ1v) is 5.37. The van der Waals surface area contributed by atoms with E-state index in [1.54, 1.807) is 6.07 Å². The molecule has 17 heavy (non-hydrogen) atoms. The zero-order valence-corrected chi connectivity index (χ0v) is 9.55. The van der Waals surface area contributed by atoms with Gasteiger partial charge in [-0.05, 0) is 19.1 Å². The fourth-order valence-corrected chi connectivity index (χ4v) is 1.33. The van der Waals surface area contributed by atoms with E-state index in [9.17, 15) is 0 Å². The molecule has 0 spiro atoms. The quantitative estimate of drug-likeness (QED) is 0.859. The van der Waals surface area contributed by atoms with Gasteiger partial charge in [-0.15, -0.1) is 0 Å². The molecule has 0 fully saturated rings. The predicted octanol–water partition coefficient (Wildman–Crippen LogP) is 2.32. The van der Waals surface area contributed by atoms with Gasteiger partial charge in [0.2, 0.25) is 0 Å². The van der Waals surface area contributed by atoms with Gasteiger partial charge in [0.25, 0.3) is 0 Å². The zero-order chi connectivity index (χ0) is 12.1. The van der Waals surface area contributed by atoms with Gasteiger partial charge in [-0.25, -0.2) is 0 Å². The SMILES string of the molecule is CCOc1ccccc1Oc1nc(CN)co1. The Kier molecular flexibility index (Phi) is 3.62. The molecule has 0 amide bonds. The average molecular weight is 234 g/mol. The molecule has 1 heterocycles. The molecule has 5 heteroatoms. The minimum atomic E-state index is 0.164. The zero-order valence-electron chi connectivity index (χ0n) is 9.55. The molecule has 2 aromatic rings. The summed E-state index contributed by atoms with van der Waals surface area (Å²) in [6.07, 6.45) is 1.64. The first kappa shape index (κ1) is 11.5. The molecule has 0 bridgehead atoms. The minimum Gasteiger partial charge on any atom is -0.490 e. The molecule has 5 nitrogen and oxygen atoms in total. The fraction of sp³-hybridized carbons (Fsp3) is 0.250. The summed E-state index contributed by atoms with van der Waals surface area (Å²) >= 11 is 0. The van der Waals surface area contributed by atoms with Crippen molar-refractivity contribution in [2.45, 2.75) is 13.5 Å². The number of benzene rings is 1. The number of rotatable bonds is 5. The van der Waals surface area contributed by atoms with Crippen molar-refractivity contribution < 1.29 is 13.9 Å². The Bertz CT molecular complexity index is 482. The van der Waals surface area contributed by atoms with Crippen molar-refractivity contribution >= 4 is 0 Å². The number of hydrogen-bond acceptors (Lipinski definition) is 5. The van der Waals surface area contributed by atoms with E-state index in [0.29, 0.717) is 30.3 Å². The highest BCUT2D eigenvalue weighted by Gasteiger charge is 2.09. The number of aromatic nitrogens is 1. The Morgan fingerprint density at radius 2 is 2.06 bits per heavy atom. The van der Waals surface area contributed by atoms with Gasteiger partial charge in [0, 0.05) is 6.54 Å². The molecule has 1 aromatic heterocycles. The van der Waals surface area contributed by atoms with Crippen LogP contribution in [0.5, 0.6) is 17.6 Å². The first-order chi connectivity index (χ1) is 8.33. The maximum absolute atomic E-state index is 5.49. The van der Waals surface area contributed by atoms with E-state index in [2.05, 4.69) is 4.98 Å². The Hall–Kier alpha value is -2.01. The molecule has 0 atom stereocenters. The lowest BCUT2D eigenvalue weighted by atomic mass is 10.3. The lowest BCUT2D eigenvalue weighted by molar-refractivity contribution is 0.291. The second-order valence-electron chi connectivity index (χ2n) is 3.29. The molecule has 0 aliphatic carbocycles. The summed E-state index contributed by atoms with van der Waals surface area (Å²) in [5.41, 5.74) is 6.08. The summed E-state index contributed by atoms with van der Waals surface area (Å²) in [4.78, 5) is 4.06. The second kappa shape index (κ2) is 5.36. The van der Waals surface area contributed by atoms with Gasteiger partial charge in [0.1, 0.15) is 6.26 Å². The van der Waals surface area contributed by atoms with Gasteiger partial charge in [-0.3, -0.25) is 0 Å². The fourth-order valence-electron chi connectivity index (χ4n) is 1.33. The molecular formula is C12H14N2O3. The van der Waals surface area contributed by atoms with Crippen LogP contribution in [0, 0.1) is 0 Å². The second-order valence-corrected chi connectivity index (χ2v) is 3.29. The van der Waals surface area contributed by atoms with Crippen LogP contribution in [0.25, 0.3) is 0 Å². The smallest absolute Gasteiger partial charge is 0.399 e. The minimum absolute atomic E-state index is 0.164. The standard InChI is InChI=1S/C12H14N2O3/c1-2-15-10-5-3-4-6-11(10)17-12-14-9(7-13)8-16-12/h3-6,8H,2,7,13H2,1H3. The summed E-state index contributed by atoms with van der Waals surface area (Å²) in [6.45, 7) is 2.80. The molecule has 0 aliphatic heterocycles. The van der Waals surface area contributed by atoms with E-state index in [-0.39, 0.29) is 6.08 Å². The van der Waals surface area contributed by atoms with E-state index in [4.69, 9.17) is 19.6 Å². The molecule has 2 N–H and O–H groups in total. The average Bonchev–Trinajstić information content (AvgIpc) is 2.80. The highest BCUT2D eigenvalue weighted by atomic mass is 16.6. The number of ether oxygens (including phenoxy) is 2. The van der Waals surface area contributed by atoms with Crippen LogP contribution in [0.3, 0.4) is 0 Å². The third-order valence-electron chi connectivity index (χ3n) is 2.09. The number of para-hydroxylation sites is 2. The number of hydrogen-bond donors (Lipinski definition) is 1. The molecule has 90 valence electrons. The third-order valence-corrected chi connectivity index (χ3v) is 2.09. The molecular weight excluding hydrogens is 220 g/mol. The van der Waals surface area contributed by atoms with E-state index in [0.717, 1.165) is 0 Å². The lowest BCUT2D eigenvalue weighted by Gasteiger charge is -2.08. The molecule has 1 aromatic carbocycles. The van der Waals surface area contributed by atoms with E-state index < -0.39 is 0 Å². The van der Waals surface area contributed by atoms with E-state index in [1.165, 1.54) is 6.26 Å². The van der Waals surface area contributed by atoms with Gasteiger partial charge in [0.15, 0.2) is 11.5 Å². The molecule has 0 aliphatic rings. The number of nitrogens with two attached hydrogens (primary N) is 1. The lowest BCUT2D eigenvalue weighted by Crippen LogP contribution is -1.97. The van der Waals surface area contributed by atoms with E-state index >= 15 is 0 Å². The van der Waals surface area contributed by atoms with Crippen molar-refractivity contribution in [1.29, 1.82) is 0 Å². The van der Waals surface area contributed by atoms with Gasteiger partial charge < -0.3 is 19.6 Å². The van der Waals surface area contributed by atoms with Crippen molar-refractivity contribution in [3.63, 3.8) is 0 Å². The Balaban J connectivity index is 2.17. The van der Waals surface area contributed by atoms with Crippen LogP contribution in [-0.2, 0) is 6.54 Å². The highest BCUT2D eigenvalue weighted by molar-refractivity contribution is 5.40. The Morgan fingerprint density at radius 1 is 1.29 bits per heavy atom. The summed E-state index contributed by atoms with van der Waals surface area (Å²) in [5, 5.41) is 0. The van der Waals surface area contributed by atoms with Gasteiger partial charge in [-0.2, -0.15) is 4.98 Å². The Morgan fingerprint density at radius 3 is 2.71 bits per heavy atom. The van der Waals surface area contributed by atoms with Gasteiger partial charge in [0.05, 0.1) is 12.3 Å². The largest absolute Gasteiger partial charge is 0.490 e. The highest BCUT2D eigenvalue weighted by Crippen LogP contribution is 2.30. The first-order valence-electron chi connectivity index (χ1n) is 5.37. The maximum atomic E-state index is 5.49. The van der Waals surface area contributed by atoms with Crippen LogP contribution < -0.4 is 15.2 Å². The van der Waals surface area contributed by atoms with Crippen molar-refractivity contribution in [2.24, 2.45) is 5.73 Å². The van der Waals surface area contributed by atoms with Crippen LogP contribution in [0.1, 0.15) is 12.6 Å². The van der Waals surface area contributed by atoms with Crippen molar-refractivity contribution in [3.8, 4) is 17.6 Å². The summed E-state index contributed by atoms with van der Waals surface area (Å²) < 4.78 is 16.0. The van der Waals surface area contributed by atoms with Crippen LogP contribution in [-0.4, -0.2) is 11.6 Å². The Labute approximate surface area is 99.2 Å². The normalized spacial score (nSPS) is 10.2. The molecule has 0 saturated heterocycles. The summed E-state index contributed by atoms with van der Waals surface area (Å²) in [6, 6.07) is 7.34. The maximum Gasteiger partial charge on any atom is 0.399 e. The van der Waals surface area contributed by atoms with Gasteiger partial charge in [-0.1, -0.05) is 12.1 Å². The third kappa shape index (κ3) is 2.76.